The highest BCUT2D eigenvalue weighted by Gasteiger charge is 2.10. The first-order valence-electron chi connectivity index (χ1n) is 5.56. The SMILES string of the molecule is O=C(O)c1cc(Br)cc(NC(=O)c2ccc(I)cc2)c1. The van der Waals surface area contributed by atoms with Crippen LogP contribution in [0.15, 0.2) is 46.9 Å². The summed E-state index contributed by atoms with van der Waals surface area (Å²) in [5.41, 5.74) is 1.06. The number of halogens is 2. The third kappa shape index (κ3) is 3.80. The number of benzene rings is 2. The summed E-state index contributed by atoms with van der Waals surface area (Å²) in [7, 11) is 0. The number of rotatable bonds is 3. The highest BCUT2D eigenvalue weighted by molar-refractivity contribution is 14.1. The molecule has 0 aliphatic heterocycles. The molecule has 102 valence electrons. The molecule has 0 aromatic heterocycles. The number of carbonyl (C=O) groups excluding carboxylic acids is 1. The van der Waals surface area contributed by atoms with Gasteiger partial charge in [0.1, 0.15) is 0 Å². The Hall–Kier alpha value is -1.41. The molecule has 6 heteroatoms. The van der Waals surface area contributed by atoms with Gasteiger partial charge in [-0.1, -0.05) is 15.9 Å². The van der Waals surface area contributed by atoms with Crippen molar-refractivity contribution in [1.82, 2.24) is 0 Å². The number of anilines is 1. The van der Waals surface area contributed by atoms with Crippen LogP contribution in [0, 0.1) is 3.57 Å². The highest BCUT2D eigenvalue weighted by atomic mass is 127. The van der Waals surface area contributed by atoms with Crippen LogP contribution in [-0.2, 0) is 0 Å². The van der Waals surface area contributed by atoms with Gasteiger partial charge in [0.05, 0.1) is 5.56 Å². The Labute approximate surface area is 137 Å². The number of hydrogen-bond donors (Lipinski definition) is 2. The molecule has 0 aliphatic carbocycles. The molecular formula is C14H9BrINO3. The minimum atomic E-state index is -1.05. The Kier molecular flexibility index (Phi) is 4.77. The minimum absolute atomic E-state index is 0.109. The molecule has 0 heterocycles. The molecule has 2 aromatic rings. The summed E-state index contributed by atoms with van der Waals surface area (Å²) in [6.45, 7) is 0. The summed E-state index contributed by atoms with van der Waals surface area (Å²) in [4.78, 5) is 23.0. The lowest BCUT2D eigenvalue weighted by atomic mass is 10.2. The van der Waals surface area contributed by atoms with Crippen molar-refractivity contribution >= 4 is 56.1 Å². The second-order valence-electron chi connectivity index (χ2n) is 3.99. The van der Waals surface area contributed by atoms with Gasteiger partial charge in [0.25, 0.3) is 5.91 Å². The summed E-state index contributed by atoms with van der Waals surface area (Å²) in [5, 5.41) is 11.7. The van der Waals surface area contributed by atoms with Crippen LogP contribution in [0.25, 0.3) is 0 Å². The van der Waals surface area contributed by atoms with Gasteiger partial charge in [-0.3, -0.25) is 4.79 Å². The summed E-state index contributed by atoms with van der Waals surface area (Å²) in [6.07, 6.45) is 0. The van der Waals surface area contributed by atoms with Crippen LogP contribution < -0.4 is 5.32 Å². The lowest BCUT2D eigenvalue weighted by Gasteiger charge is -2.07. The van der Waals surface area contributed by atoms with E-state index in [1.807, 2.05) is 12.1 Å². The molecule has 1 amide bonds. The second-order valence-corrected chi connectivity index (χ2v) is 6.16. The molecule has 0 atom stereocenters. The van der Waals surface area contributed by atoms with Crippen LogP contribution in [-0.4, -0.2) is 17.0 Å². The molecule has 2 N–H and O–H groups in total. The van der Waals surface area contributed by atoms with E-state index in [1.54, 1.807) is 18.2 Å². The first kappa shape index (κ1) is 15.0. The monoisotopic (exact) mass is 445 g/mol. The molecular weight excluding hydrogens is 437 g/mol. The van der Waals surface area contributed by atoms with Crippen molar-refractivity contribution in [2.45, 2.75) is 0 Å². The molecule has 0 unspecified atom stereocenters. The van der Waals surface area contributed by atoms with Gasteiger partial charge in [-0.25, -0.2) is 4.79 Å². The smallest absolute Gasteiger partial charge is 0.335 e. The molecule has 0 saturated carbocycles. The van der Waals surface area contributed by atoms with Crippen LogP contribution >= 0.6 is 38.5 Å². The van der Waals surface area contributed by atoms with Crippen LogP contribution in [0.5, 0.6) is 0 Å². The van der Waals surface area contributed by atoms with Gasteiger partial charge in [-0.15, -0.1) is 0 Å². The first-order chi connectivity index (χ1) is 9.45. The Morgan fingerprint density at radius 2 is 1.70 bits per heavy atom. The van der Waals surface area contributed by atoms with Crippen LogP contribution in [0.2, 0.25) is 0 Å². The molecule has 20 heavy (non-hydrogen) atoms. The lowest BCUT2D eigenvalue weighted by molar-refractivity contribution is 0.0696. The summed E-state index contributed by atoms with van der Waals surface area (Å²) in [5.74, 6) is -1.33. The molecule has 0 aliphatic rings. The van der Waals surface area contributed by atoms with Gasteiger partial charge in [-0.2, -0.15) is 0 Å². The first-order valence-corrected chi connectivity index (χ1v) is 7.43. The lowest BCUT2D eigenvalue weighted by Crippen LogP contribution is -2.12. The topological polar surface area (TPSA) is 66.4 Å². The zero-order chi connectivity index (χ0) is 14.7. The van der Waals surface area contributed by atoms with E-state index in [9.17, 15) is 9.59 Å². The molecule has 4 nitrogen and oxygen atoms in total. The van der Waals surface area contributed by atoms with Gasteiger partial charge < -0.3 is 10.4 Å². The van der Waals surface area contributed by atoms with Crippen LogP contribution in [0.1, 0.15) is 20.7 Å². The van der Waals surface area contributed by atoms with E-state index in [2.05, 4.69) is 43.8 Å². The van der Waals surface area contributed by atoms with Crippen molar-refractivity contribution in [2.24, 2.45) is 0 Å². The maximum Gasteiger partial charge on any atom is 0.335 e. The third-order valence-corrected chi connectivity index (χ3v) is 3.69. The molecule has 0 fully saturated rings. The van der Waals surface area contributed by atoms with Crippen LogP contribution in [0.4, 0.5) is 5.69 Å². The van der Waals surface area contributed by atoms with E-state index in [1.165, 1.54) is 12.1 Å². The average molecular weight is 446 g/mol. The van der Waals surface area contributed by atoms with E-state index in [0.717, 1.165) is 3.57 Å². The van der Waals surface area contributed by atoms with E-state index in [0.29, 0.717) is 15.7 Å². The Bertz CT molecular complexity index is 671. The van der Waals surface area contributed by atoms with Crippen molar-refractivity contribution in [3.63, 3.8) is 0 Å². The number of hydrogen-bond acceptors (Lipinski definition) is 2. The maximum absolute atomic E-state index is 12.0. The summed E-state index contributed by atoms with van der Waals surface area (Å²) >= 11 is 5.38. The fourth-order valence-electron chi connectivity index (χ4n) is 1.59. The van der Waals surface area contributed by atoms with Crippen molar-refractivity contribution in [3.05, 3.63) is 61.6 Å². The van der Waals surface area contributed by atoms with Gasteiger partial charge in [0.2, 0.25) is 0 Å². The molecule has 0 radical (unpaired) electrons. The minimum Gasteiger partial charge on any atom is -0.478 e. The van der Waals surface area contributed by atoms with E-state index >= 15 is 0 Å². The van der Waals surface area contributed by atoms with Crippen molar-refractivity contribution < 1.29 is 14.7 Å². The highest BCUT2D eigenvalue weighted by Crippen LogP contribution is 2.20. The summed E-state index contributed by atoms with van der Waals surface area (Å²) in [6, 6.07) is 11.6. The Morgan fingerprint density at radius 1 is 1.05 bits per heavy atom. The maximum atomic E-state index is 12.0. The molecule has 0 spiro atoms. The molecule has 0 bridgehead atoms. The van der Waals surface area contributed by atoms with Crippen molar-refractivity contribution in [3.8, 4) is 0 Å². The van der Waals surface area contributed by atoms with Crippen LogP contribution in [0.3, 0.4) is 0 Å². The van der Waals surface area contributed by atoms with Gasteiger partial charge in [0.15, 0.2) is 0 Å². The number of nitrogens with one attached hydrogen (secondary N) is 1. The number of amides is 1. The third-order valence-electron chi connectivity index (χ3n) is 2.51. The predicted molar refractivity (Wildman–Crippen MR) is 88.2 cm³/mol. The van der Waals surface area contributed by atoms with Gasteiger partial charge in [0, 0.05) is 19.3 Å². The van der Waals surface area contributed by atoms with Gasteiger partial charge in [-0.05, 0) is 65.1 Å². The van der Waals surface area contributed by atoms with E-state index in [-0.39, 0.29) is 11.5 Å². The summed E-state index contributed by atoms with van der Waals surface area (Å²) < 4.78 is 1.63. The second kappa shape index (κ2) is 6.36. The number of carbonyl (C=O) groups is 2. The molecule has 0 saturated heterocycles. The van der Waals surface area contributed by atoms with E-state index in [4.69, 9.17) is 5.11 Å². The number of carboxylic acids is 1. The molecule has 2 rings (SSSR count). The van der Waals surface area contributed by atoms with Gasteiger partial charge >= 0.3 is 5.97 Å². The normalized spacial score (nSPS) is 10.1. The van der Waals surface area contributed by atoms with E-state index < -0.39 is 5.97 Å². The number of carboxylic acid groups (broad SMARTS) is 1. The fourth-order valence-corrected chi connectivity index (χ4v) is 2.44. The number of aromatic carboxylic acids is 1. The fraction of sp³-hybridized carbons (Fsp3) is 0. The largest absolute Gasteiger partial charge is 0.478 e. The quantitative estimate of drug-likeness (QED) is 0.701. The zero-order valence-electron chi connectivity index (χ0n) is 10.1. The van der Waals surface area contributed by atoms with Crippen molar-refractivity contribution in [1.29, 1.82) is 0 Å². The Balaban J connectivity index is 2.23. The van der Waals surface area contributed by atoms with Crippen molar-refractivity contribution in [2.75, 3.05) is 5.32 Å². The molecule has 2 aromatic carbocycles. The standard InChI is InChI=1S/C14H9BrINO3/c15-10-5-9(14(19)20)6-12(7-10)17-13(18)8-1-3-11(16)4-2-8/h1-7H,(H,17,18)(H,19,20). The average Bonchev–Trinajstić information content (AvgIpc) is 2.38. The zero-order valence-corrected chi connectivity index (χ0v) is 13.8. The predicted octanol–water partition coefficient (Wildman–Crippen LogP) is 4.00. The Morgan fingerprint density at radius 3 is 2.30 bits per heavy atom.